The molecule has 1 aliphatic heterocycles. The van der Waals surface area contributed by atoms with E-state index in [1.165, 1.54) is 6.42 Å². The molecule has 1 aromatic carbocycles. The molecule has 1 aromatic rings. The molecule has 0 radical (unpaired) electrons. The summed E-state index contributed by atoms with van der Waals surface area (Å²) in [5, 5.41) is 10.5. The first-order valence-corrected chi connectivity index (χ1v) is 6.36. The van der Waals surface area contributed by atoms with Gasteiger partial charge in [0.2, 0.25) is 0 Å². The number of rotatable bonds is 4. The van der Waals surface area contributed by atoms with Crippen molar-refractivity contribution in [2.75, 3.05) is 19.6 Å². The van der Waals surface area contributed by atoms with Crippen LogP contribution in [0.25, 0.3) is 0 Å². The Bertz CT molecular complexity index is 411. The number of halogens is 1. The molecule has 0 amide bonds. The van der Waals surface area contributed by atoms with Crippen LogP contribution in [0.5, 0.6) is 0 Å². The molecule has 6 heteroatoms. The van der Waals surface area contributed by atoms with Gasteiger partial charge in [0.25, 0.3) is 5.69 Å². The van der Waals surface area contributed by atoms with Gasteiger partial charge in [-0.05, 0) is 31.4 Å². The zero-order valence-electron chi connectivity index (χ0n) is 10.8. The fourth-order valence-electron chi connectivity index (χ4n) is 2.37. The van der Waals surface area contributed by atoms with Gasteiger partial charge in [-0.15, -0.1) is 12.4 Å². The predicted octanol–water partition coefficient (Wildman–Crippen LogP) is 1.98. The summed E-state index contributed by atoms with van der Waals surface area (Å²) in [6.45, 7) is 3.05. The number of hydrogen-bond acceptors (Lipinski definition) is 4. The molecule has 2 N–H and O–H groups in total. The molecule has 5 nitrogen and oxygen atoms in total. The van der Waals surface area contributed by atoms with Crippen LogP contribution in [0.15, 0.2) is 24.3 Å². The lowest BCUT2D eigenvalue weighted by Crippen LogP contribution is -2.43. The van der Waals surface area contributed by atoms with Gasteiger partial charge in [-0.25, -0.2) is 0 Å². The molecule has 106 valence electrons. The van der Waals surface area contributed by atoms with Gasteiger partial charge in [0.05, 0.1) is 4.92 Å². The minimum Gasteiger partial charge on any atom is -0.327 e. The van der Waals surface area contributed by atoms with E-state index in [2.05, 4.69) is 4.90 Å². The molecule has 0 bridgehead atoms. The van der Waals surface area contributed by atoms with Crippen molar-refractivity contribution in [3.63, 3.8) is 0 Å². The Morgan fingerprint density at radius 3 is 2.63 bits per heavy atom. The van der Waals surface area contributed by atoms with E-state index in [9.17, 15) is 10.1 Å². The van der Waals surface area contributed by atoms with Crippen LogP contribution in [0.1, 0.15) is 18.4 Å². The summed E-state index contributed by atoms with van der Waals surface area (Å²) in [4.78, 5) is 12.5. The SMILES string of the molecule is Cl.N[C@@H]1CCCN(CCc2ccc([N+](=O)[O-])cc2)C1. The van der Waals surface area contributed by atoms with Crippen molar-refractivity contribution in [1.82, 2.24) is 4.90 Å². The van der Waals surface area contributed by atoms with Gasteiger partial charge >= 0.3 is 0 Å². The Kier molecular flexibility index (Phi) is 6.21. The monoisotopic (exact) mass is 285 g/mol. The molecule has 0 aromatic heterocycles. The number of nitro benzene ring substituents is 1. The number of nitro groups is 1. The Morgan fingerprint density at radius 2 is 2.05 bits per heavy atom. The number of likely N-dealkylation sites (tertiary alicyclic amines) is 1. The van der Waals surface area contributed by atoms with Crippen molar-refractivity contribution < 1.29 is 4.92 Å². The molecule has 0 unspecified atom stereocenters. The highest BCUT2D eigenvalue weighted by Gasteiger charge is 2.16. The fraction of sp³-hybridized carbons (Fsp3) is 0.538. The third kappa shape index (κ3) is 4.78. The minimum absolute atomic E-state index is 0. The number of benzene rings is 1. The van der Waals surface area contributed by atoms with Crippen molar-refractivity contribution in [2.24, 2.45) is 5.73 Å². The lowest BCUT2D eigenvalue weighted by atomic mass is 10.1. The lowest BCUT2D eigenvalue weighted by Gasteiger charge is -2.30. The normalized spacial score (nSPS) is 19.7. The van der Waals surface area contributed by atoms with E-state index in [0.29, 0.717) is 6.04 Å². The summed E-state index contributed by atoms with van der Waals surface area (Å²) in [6.07, 6.45) is 3.21. The van der Waals surface area contributed by atoms with Crippen LogP contribution in [0.4, 0.5) is 5.69 Å². The van der Waals surface area contributed by atoms with E-state index in [1.54, 1.807) is 12.1 Å². The summed E-state index contributed by atoms with van der Waals surface area (Å²) < 4.78 is 0. The second-order valence-corrected chi connectivity index (χ2v) is 4.88. The largest absolute Gasteiger partial charge is 0.327 e. The van der Waals surface area contributed by atoms with Crippen LogP contribution >= 0.6 is 12.4 Å². The highest BCUT2D eigenvalue weighted by molar-refractivity contribution is 5.85. The Balaban J connectivity index is 0.00000180. The molecule has 1 atom stereocenters. The molecule has 0 spiro atoms. The molecule has 1 saturated heterocycles. The van der Waals surface area contributed by atoms with Crippen LogP contribution in [-0.2, 0) is 6.42 Å². The van der Waals surface area contributed by atoms with Crippen molar-refractivity contribution in [2.45, 2.75) is 25.3 Å². The van der Waals surface area contributed by atoms with Gasteiger partial charge in [-0.1, -0.05) is 12.1 Å². The summed E-state index contributed by atoms with van der Waals surface area (Å²) in [6, 6.07) is 7.11. The highest BCUT2D eigenvalue weighted by atomic mass is 35.5. The maximum absolute atomic E-state index is 10.5. The summed E-state index contributed by atoms with van der Waals surface area (Å²) in [7, 11) is 0. The van der Waals surface area contributed by atoms with Crippen molar-refractivity contribution in [3.8, 4) is 0 Å². The van der Waals surface area contributed by atoms with E-state index in [-0.39, 0.29) is 23.0 Å². The van der Waals surface area contributed by atoms with Crippen LogP contribution in [0.2, 0.25) is 0 Å². The van der Waals surface area contributed by atoms with Gasteiger partial charge in [-0.3, -0.25) is 10.1 Å². The van der Waals surface area contributed by atoms with Crippen LogP contribution in [-0.4, -0.2) is 35.5 Å². The second-order valence-electron chi connectivity index (χ2n) is 4.88. The topological polar surface area (TPSA) is 72.4 Å². The van der Waals surface area contributed by atoms with Crippen molar-refractivity contribution in [3.05, 3.63) is 39.9 Å². The number of nitrogens with two attached hydrogens (primary N) is 1. The second kappa shape index (κ2) is 7.43. The fourth-order valence-corrected chi connectivity index (χ4v) is 2.37. The molecule has 1 aliphatic rings. The first-order chi connectivity index (χ1) is 8.65. The zero-order chi connectivity index (χ0) is 13.0. The molecule has 0 saturated carbocycles. The highest BCUT2D eigenvalue weighted by Crippen LogP contribution is 2.14. The average molecular weight is 286 g/mol. The molecule has 0 aliphatic carbocycles. The van der Waals surface area contributed by atoms with Crippen molar-refractivity contribution in [1.29, 1.82) is 0 Å². The van der Waals surface area contributed by atoms with E-state index in [4.69, 9.17) is 5.73 Å². The number of piperidine rings is 1. The molecule has 1 fully saturated rings. The quantitative estimate of drug-likeness (QED) is 0.678. The van der Waals surface area contributed by atoms with E-state index in [1.807, 2.05) is 12.1 Å². The maximum Gasteiger partial charge on any atom is 0.269 e. The van der Waals surface area contributed by atoms with Gasteiger partial charge in [0.15, 0.2) is 0 Å². The standard InChI is InChI=1S/C13H19N3O2.ClH/c14-12-2-1-8-15(10-12)9-7-11-3-5-13(6-4-11)16(17)18;/h3-6,12H,1-2,7-10,14H2;1H/t12-;/m1./s1. The maximum atomic E-state index is 10.5. The van der Waals surface area contributed by atoms with E-state index >= 15 is 0 Å². The first kappa shape index (κ1) is 15.9. The van der Waals surface area contributed by atoms with E-state index in [0.717, 1.165) is 38.0 Å². The number of nitrogens with zero attached hydrogens (tertiary/aromatic N) is 2. The molecule has 19 heavy (non-hydrogen) atoms. The summed E-state index contributed by atoms with van der Waals surface area (Å²) >= 11 is 0. The summed E-state index contributed by atoms with van der Waals surface area (Å²) in [5.41, 5.74) is 7.22. The van der Waals surface area contributed by atoms with Crippen LogP contribution < -0.4 is 5.73 Å². The van der Waals surface area contributed by atoms with Gasteiger partial charge in [0.1, 0.15) is 0 Å². The Morgan fingerprint density at radius 1 is 1.37 bits per heavy atom. The summed E-state index contributed by atoms with van der Waals surface area (Å²) in [5.74, 6) is 0. The van der Waals surface area contributed by atoms with Gasteiger partial charge < -0.3 is 10.6 Å². The smallest absolute Gasteiger partial charge is 0.269 e. The molecule has 2 rings (SSSR count). The number of non-ortho nitro benzene ring substituents is 1. The third-order valence-corrected chi connectivity index (χ3v) is 3.41. The van der Waals surface area contributed by atoms with Crippen LogP contribution in [0, 0.1) is 10.1 Å². The Labute approximate surface area is 119 Å². The molecular weight excluding hydrogens is 266 g/mol. The van der Waals surface area contributed by atoms with Gasteiger partial charge in [-0.2, -0.15) is 0 Å². The van der Waals surface area contributed by atoms with Crippen molar-refractivity contribution >= 4 is 18.1 Å². The Hall–Kier alpha value is -1.17. The average Bonchev–Trinajstić information content (AvgIpc) is 2.37. The minimum atomic E-state index is -0.368. The molecular formula is C13H20ClN3O2. The first-order valence-electron chi connectivity index (χ1n) is 6.36. The van der Waals surface area contributed by atoms with Crippen LogP contribution in [0.3, 0.4) is 0 Å². The molecule has 1 heterocycles. The van der Waals surface area contributed by atoms with E-state index < -0.39 is 0 Å². The zero-order valence-corrected chi connectivity index (χ0v) is 11.6. The number of hydrogen-bond donors (Lipinski definition) is 1. The lowest BCUT2D eigenvalue weighted by molar-refractivity contribution is -0.384. The third-order valence-electron chi connectivity index (χ3n) is 3.41. The predicted molar refractivity (Wildman–Crippen MR) is 77.7 cm³/mol. The van der Waals surface area contributed by atoms with Gasteiger partial charge in [0, 0.05) is 31.3 Å².